The van der Waals surface area contributed by atoms with E-state index in [4.69, 9.17) is 0 Å². The number of nitrogens with zero attached hydrogens (tertiary/aromatic N) is 1. The SMILES string of the molecule is O=C=C[C@H](C[C@@H]1CCNC1=C=O)NC(=C=O)[C@H](Cc1ccccc1)NC(=O)c1cncc(F)c1. The summed E-state index contributed by atoms with van der Waals surface area (Å²) in [5, 5.41) is 8.64. The molecule has 8 nitrogen and oxygen atoms in total. The Kier molecular flexibility index (Phi) is 8.67. The molecule has 0 spiro atoms. The number of halogens is 1. The Morgan fingerprint density at radius 1 is 1.21 bits per heavy atom. The number of rotatable bonds is 10. The maximum Gasteiger partial charge on any atom is 0.253 e. The van der Waals surface area contributed by atoms with Crippen LogP contribution in [0.15, 0.2) is 66.3 Å². The lowest BCUT2D eigenvalue weighted by atomic mass is 9.95. The van der Waals surface area contributed by atoms with Gasteiger partial charge in [-0.25, -0.2) is 18.8 Å². The predicted molar refractivity (Wildman–Crippen MR) is 122 cm³/mol. The second-order valence-corrected chi connectivity index (χ2v) is 7.82. The predicted octanol–water partition coefficient (Wildman–Crippen LogP) is 1.34. The van der Waals surface area contributed by atoms with E-state index in [1.165, 1.54) is 12.3 Å². The summed E-state index contributed by atoms with van der Waals surface area (Å²) in [5.41, 5.74) is 1.23. The molecule has 1 fully saturated rings. The number of carbonyl (C=O) groups is 1. The van der Waals surface area contributed by atoms with Gasteiger partial charge in [0.1, 0.15) is 29.3 Å². The van der Waals surface area contributed by atoms with E-state index in [1.807, 2.05) is 42.2 Å². The molecule has 3 rings (SSSR count). The fourth-order valence-corrected chi connectivity index (χ4v) is 3.84. The molecule has 1 aliphatic heterocycles. The first-order chi connectivity index (χ1) is 16.5. The smallest absolute Gasteiger partial charge is 0.253 e. The van der Waals surface area contributed by atoms with Gasteiger partial charge in [0.15, 0.2) is 0 Å². The lowest BCUT2D eigenvalue weighted by molar-refractivity contribution is 0.0940. The molecule has 2 aromatic rings. The highest BCUT2D eigenvalue weighted by Crippen LogP contribution is 2.23. The number of pyridine rings is 1. The van der Waals surface area contributed by atoms with Crippen LogP contribution >= 0.6 is 0 Å². The van der Waals surface area contributed by atoms with Gasteiger partial charge in [-0.15, -0.1) is 0 Å². The summed E-state index contributed by atoms with van der Waals surface area (Å²) in [6.07, 6.45) is 4.65. The van der Waals surface area contributed by atoms with Crippen molar-refractivity contribution in [3.8, 4) is 0 Å². The highest BCUT2D eigenvalue weighted by atomic mass is 19.1. The Morgan fingerprint density at radius 2 is 2.00 bits per heavy atom. The molecule has 1 aromatic carbocycles. The van der Waals surface area contributed by atoms with E-state index < -0.39 is 23.8 Å². The molecule has 1 aliphatic rings. The summed E-state index contributed by atoms with van der Waals surface area (Å²) in [6, 6.07) is 8.68. The van der Waals surface area contributed by atoms with Crippen LogP contribution in [0.2, 0.25) is 0 Å². The lowest BCUT2D eigenvalue weighted by Gasteiger charge is -2.25. The first-order valence-electron chi connectivity index (χ1n) is 10.7. The Balaban J connectivity index is 1.83. The van der Waals surface area contributed by atoms with Crippen LogP contribution in [0.1, 0.15) is 28.8 Å². The molecular formula is C25H23FN4O4. The van der Waals surface area contributed by atoms with Gasteiger partial charge in [-0.05, 0) is 30.9 Å². The second-order valence-electron chi connectivity index (χ2n) is 7.82. The maximum atomic E-state index is 13.6. The first kappa shape index (κ1) is 24.4. The molecule has 3 N–H and O–H groups in total. The average molecular weight is 462 g/mol. The standard InChI is InChI=1S/C25H23FN4O4/c26-20-11-19(13-27-14-20)25(34)30-22(10-17-4-2-1-3-5-17)24(16-33)29-21(7-9-31)12-18-6-8-28-23(18)15-32/h1-5,7,11,13-14,18,21-22,28-29H,6,8,10,12H2,(H,30,34)/t18-,21+,22-/m0/s1. The number of allylic oxidation sites excluding steroid dienone is 1. The van der Waals surface area contributed by atoms with E-state index in [1.54, 1.807) is 5.94 Å². The number of benzene rings is 1. The second kappa shape index (κ2) is 12.1. The monoisotopic (exact) mass is 462 g/mol. The zero-order valence-electron chi connectivity index (χ0n) is 18.2. The van der Waals surface area contributed by atoms with Gasteiger partial charge in [-0.1, -0.05) is 30.3 Å². The molecule has 0 bridgehead atoms. The minimum atomic E-state index is -0.860. The van der Waals surface area contributed by atoms with Crippen molar-refractivity contribution in [2.45, 2.75) is 31.3 Å². The molecule has 1 saturated heterocycles. The van der Waals surface area contributed by atoms with Gasteiger partial charge in [-0.2, -0.15) is 0 Å². The van der Waals surface area contributed by atoms with Crippen LogP contribution < -0.4 is 16.0 Å². The normalized spacial score (nSPS) is 16.1. The van der Waals surface area contributed by atoms with Crippen molar-refractivity contribution in [3.63, 3.8) is 0 Å². The summed E-state index contributed by atoms with van der Waals surface area (Å²) < 4.78 is 13.6. The van der Waals surface area contributed by atoms with Crippen LogP contribution in [-0.4, -0.2) is 47.3 Å². The first-order valence-corrected chi connectivity index (χ1v) is 10.7. The molecule has 0 saturated carbocycles. The van der Waals surface area contributed by atoms with Gasteiger partial charge >= 0.3 is 0 Å². The molecule has 3 atom stereocenters. The van der Waals surface area contributed by atoms with Crippen molar-refractivity contribution < 1.29 is 23.6 Å². The summed E-state index contributed by atoms with van der Waals surface area (Å²) in [7, 11) is 0. The van der Waals surface area contributed by atoms with E-state index in [-0.39, 0.29) is 23.6 Å². The average Bonchev–Trinajstić information content (AvgIpc) is 3.30. The Hall–Kier alpha value is -4.28. The van der Waals surface area contributed by atoms with Crippen molar-refractivity contribution in [3.05, 3.63) is 83.2 Å². The molecule has 1 aromatic heterocycles. The number of nitrogens with one attached hydrogen (secondary N) is 3. The number of aromatic nitrogens is 1. The van der Waals surface area contributed by atoms with E-state index in [2.05, 4.69) is 20.9 Å². The highest BCUT2D eigenvalue weighted by molar-refractivity contribution is 5.94. The van der Waals surface area contributed by atoms with Gasteiger partial charge < -0.3 is 16.0 Å². The summed E-state index contributed by atoms with van der Waals surface area (Å²) >= 11 is 0. The van der Waals surface area contributed by atoms with Crippen LogP contribution in [0.25, 0.3) is 0 Å². The number of carbonyl (C=O) groups excluding carboxylic acids is 4. The molecule has 174 valence electrons. The van der Waals surface area contributed by atoms with Gasteiger partial charge in [0.2, 0.25) is 0 Å². The van der Waals surface area contributed by atoms with Crippen LogP contribution in [0.5, 0.6) is 0 Å². The van der Waals surface area contributed by atoms with E-state index in [0.717, 1.165) is 17.8 Å². The molecule has 2 heterocycles. The molecule has 9 heteroatoms. The zero-order valence-corrected chi connectivity index (χ0v) is 18.2. The van der Waals surface area contributed by atoms with Gasteiger partial charge in [0, 0.05) is 24.7 Å². The minimum Gasteiger partial charge on any atom is -0.379 e. The fourth-order valence-electron chi connectivity index (χ4n) is 3.84. The quantitative estimate of drug-likeness (QED) is 0.456. The summed E-state index contributed by atoms with van der Waals surface area (Å²) in [4.78, 5) is 50.7. The van der Waals surface area contributed by atoms with E-state index >= 15 is 0 Å². The highest BCUT2D eigenvalue weighted by Gasteiger charge is 2.27. The number of hydrogen-bond donors (Lipinski definition) is 3. The van der Waals surface area contributed by atoms with Crippen LogP contribution in [-0.2, 0) is 20.8 Å². The molecule has 0 unspecified atom stereocenters. The third-order valence-electron chi connectivity index (χ3n) is 5.49. The fraction of sp³-hybridized carbons (Fsp3) is 0.280. The third kappa shape index (κ3) is 6.61. The molecular weight excluding hydrogens is 439 g/mol. The van der Waals surface area contributed by atoms with Crippen LogP contribution in [0.3, 0.4) is 0 Å². The van der Waals surface area contributed by atoms with Crippen molar-refractivity contribution in [1.82, 2.24) is 20.9 Å². The van der Waals surface area contributed by atoms with Crippen molar-refractivity contribution in [2.24, 2.45) is 5.92 Å². The molecule has 0 aliphatic carbocycles. The minimum absolute atomic E-state index is 0.000606. The van der Waals surface area contributed by atoms with Crippen LogP contribution in [0.4, 0.5) is 4.39 Å². The third-order valence-corrected chi connectivity index (χ3v) is 5.49. The molecule has 0 radical (unpaired) electrons. The van der Waals surface area contributed by atoms with Crippen molar-refractivity contribution >= 4 is 23.7 Å². The van der Waals surface area contributed by atoms with Crippen molar-refractivity contribution in [2.75, 3.05) is 6.54 Å². The summed E-state index contributed by atoms with van der Waals surface area (Å²) in [5.74, 6) is 3.95. The number of hydrogen-bond acceptors (Lipinski definition) is 7. The Morgan fingerprint density at radius 3 is 2.68 bits per heavy atom. The zero-order chi connectivity index (χ0) is 24.3. The van der Waals surface area contributed by atoms with Gasteiger partial charge in [0.25, 0.3) is 5.91 Å². The topological polar surface area (TPSA) is 117 Å². The maximum absolute atomic E-state index is 13.6. The van der Waals surface area contributed by atoms with Crippen LogP contribution in [0, 0.1) is 11.7 Å². The summed E-state index contributed by atoms with van der Waals surface area (Å²) in [6.45, 7) is 0.609. The van der Waals surface area contributed by atoms with Gasteiger partial charge in [-0.3, -0.25) is 9.78 Å². The molecule has 1 amide bonds. The Bertz CT molecular complexity index is 1170. The lowest BCUT2D eigenvalue weighted by Crippen LogP contribution is -2.44. The van der Waals surface area contributed by atoms with E-state index in [0.29, 0.717) is 25.1 Å². The Labute approximate surface area is 195 Å². The van der Waals surface area contributed by atoms with E-state index in [9.17, 15) is 23.6 Å². The van der Waals surface area contributed by atoms with Crippen molar-refractivity contribution in [1.29, 1.82) is 0 Å². The van der Waals surface area contributed by atoms with Gasteiger partial charge in [0.05, 0.1) is 29.5 Å². The molecule has 34 heavy (non-hydrogen) atoms. The largest absolute Gasteiger partial charge is 0.379 e. The number of amides is 1.